The molecular weight excluding hydrogens is 429 g/mol. The van der Waals surface area contributed by atoms with Crippen LogP contribution < -0.4 is 15.6 Å². The van der Waals surface area contributed by atoms with Gasteiger partial charge < -0.3 is 9.47 Å². The normalized spacial score (nSPS) is 14.6. The van der Waals surface area contributed by atoms with E-state index in [1.165, 1.54) is 0 Å². The molecule has 1 saturated heterocycles. The van der Waals surface area contributed by atoms with Crippen molar-refractivity contribution in [2.75, 3.05) is 32.9 Å². The number of rotatable bonds is 6. The first kappa shape index (κ1) is 22.7. The number of ether oxygens (including phenoxy) is 2. The number of carbonyl (C=O) groups is 2. The van der Waals surface area contributed by atoms with Crippen molar-refractivity contribution < 1.29 is 31.9 Å². The molecule has 9 nitrogen and oxygen atoms in total. The molecule has 0 unspecified atom stereocenters. The number of hydrogen-bond donors (Lipinski definition) is 2. The van der Waals surface area contributed by atoms with Crippen LogP contribution in [0.5, 0.6) is 5.75 Å². The standard InChI is InChI=1S/C20H22FN3O6S/c1-14-3-2-4-16(11-14)30-13-19(25)22-23-20(26)15-5-6-17(21)18(12-15)31(27,28)24-7-9-29-10-8-24/h2-6,11-12H,7-10,13H2,1H3,(H,22,25)(H,23,26). The summed E-state index contributed by atoms with van der Waals surface area (Å²) in [4.78, 5) is 23.6. The Balaban J connectivity index is 1.61. The predicted molar refractivity (Wildman–Crippen MR) is 108 cm³/mol. The van der Waals surface area contributed by atoms with Crippen LogP contribution in [0.4, 0.5) is 4.39 Å². The van der Waals surface area contributed by atoms with Crippen molar-refractivity contribution in [1.82, 2.24) is 15.2 Å². The number of benzene rings is 2. The number of sulfonamides is 1. The molecule has 1 aliphatic heterocycles. The molecule has 1 aliphatic rings. The third-order valence-corrected chi connectivity index (χ3v) is 6.37. The molecule has 2 N–H and O–H groups in total. The fourth-order valence-corrected chi connectivity index (χ4v) is 4.36. The van der Waals surface area contributed by atoms with Crippen molar-refractivity contribution in [2.24, 2.45) is 0 Å². The number of carbonyl (C=O) groups excluding carboxylic acids is 2. The van der Waals surface area contributed by atoms with Gasteiger partial charge in [0.25, 0.3) is 11.8 Å². The van der Waals surface area contributed by atoms with Gasteiger partial charge in [0, 0.05) is 18.7 Å². The van der Waals surface area contributed by atoms with Crippen molar-refractivity contribution in [3.63, 3.8) is 0 Å². The van der Waals surface area contributed by atoms with Crippen LogP contribution in [0, 0.1) is 12.7 Å². The van der Waals surface area contributed by atoms with Crippen molar-refractivity contribution >= 4 is 21.8 Å². The smallest absolute Gasteiger partial charge is 0.276 e. The number of hydrogen-bond acceptors (Lipinski definition) is 6. The Kier molecular flexibility index (Phi) is 7.21. The summed E-state index contributed by atoms with van der Waals surface area (Å²) in [6, 6.07) is 10.0. The molecule has 166 valence electrons. The zero-order valence-electron chi connectivity index (χ0n) is 16.8. The van der Waals surface area contributed by atoms with E-state index in [1.54, 1.807) is 18.2 Å². The SMILES string of the molecule is Cc1cccc(OCC(=O)NNC(=O)c2ccc(F)c(S(=O)(=O)N3CCOCC3)c2)c1. The lowest BCUT2D eigenvalue weighted by atomic mass is 10.2. The first-order valence-corrected chi connectivity index (χ1v) is 10.9. The summed E-state index contributed by atoms with van der Waals surface area (Å²) in [5.74, 6) is -1.91. The lowest BCUT2D eigenvalue weighted by molar-refractivity contribution is -0.123. The molecule has 1 heterocycles. The fraction of sp³-hybridized carbons (Fsp3) is 0.300. The molecule has 31 heavy (non-hydrogen) atoms. The molecule has 3 rings (SSSR count). The molecule has 0 aliphatic carbocycles. The second-order valence-electron chi connectivity index (χ2n) is 6.77. The maximum absolute atomic E-state index is 14.2. The van der Waals surface area contributed by atoms with Crippen LogP contribution in [-0.2, 0) is 19.6 Å². The first-order valence-electron chi connectivity index (χ1n) is 9.43. The van der Waals surface area contributed by atoms with E-state index >= 15 is 0 Å². The average Bonchev–Trinajstić information content (AvgIpc) is 2.77. The van der Waals surface area contributed by atoms with Crippen LogP contribution in [0.15, 0.2) is 47.4 Å². The van der Waals surface area contributed by atoms with Crippen molar-refractivity contribution in [3.05, 3.63) is 59.4 Å². The minimum absolute atomic E-state index is 0.0925. The Morgan fingerprint density at radius 3 is 2.58 bits per heavy atom. The largest absolute Gasteiger partial charge is 0.484 e. The van der Waals surface area contributed by atoms with Gasteiger partial charge in [0.05, 0.1) is 13.2 Å². The summed E-state index contributed by atoms with van der Waals surface area (Å²) in [7, 11) is -4.13. The molecule has 11 heteroatoms. The zero-order chi connectivity index (χ0) is 22.4. The zero-order valence-corrected chi connectivity index (χ0v) is 17.6. The quantitative estimate of drug-likeness (QED) is 0.634. The van der Waals surface area contributed by atoms with Gasteiger partial charge in [-0.2, -0.15) is 4.31 Å². The van der Waals surface area contributed by atoms with E-state index in [-0.39, 0.29) is 38.5 Å². The molecule has 2 amide bonds. The van der Waals surface area contributed by atoms with Crippen LogP contribution in [0.1, 0.15) is 15.9 Å². The number of amides is 2. The molecule has 0 aromatic heterocycles. The number of halogens is 1. The first-order chi connectivity index (χ1) is 14.8. The third-order valence-electron chi connectivity index (χ3n) is 4.46. The van der Waals surface area contributed by atoms with Crippen LogP contribution in [0.2, 0.25) is 0 Å². The van der Waals surface area contributed by atoms with Crippen molar-refractivity contribution in [1.29, 1.82) is 0 Å². The Morgan fingerprint density at radius 2 is 1.87 bits per heavy atom. The van der Waals surface area contributed by atoms with E-state index in [1.807, 2.05) is 13.0 Å². The second kappa shape index (κ2) is 9.86. The lowest BCUT2D eigenvalue weighted by Crippen LogP contribution is -2.44. The van der Waals surface area contributed by atoms with Gasteiger partial charge in [0.2, 0.25) is 10.0 Å². The molecule has 2 aromatic rings. The molecule has 0 spiro atoms. The maximum Gasteiger partial charge on any atom is 0.276 e. The molecule has 0 saturated carbocycles. The molecule has 0 radical (unpaired) electrons. The van der Waals surface area contributed by atoms with Crippen LogP contribution >= 0.6 is 0 Å². The van der Waals surface area contributed by atoms with Crippen molar-refractivity contribution in [2.45, 2.75) is 11.8 Å². The van der Waals surface area contributed by atoms with Gasteiger partial charge in [0.15, 0.2) is 6.61 Å². The monoisotopic (exact) mass is 451 g/mol. The van der Waals surface area contributed by atoms with Gasteiger partial charge in [-0.1, -0.05) is 12.1 Å². The minimum Gasteiger partial charge on any atom is -0.484 e. The Hall–Kier alpha value is -3.02. The van der Waals surface area contributed by atoms with E-state index in [9.17, 15) is 22.4 Å². The Labute approximate surface area is 179 Å². The fourth-order valence-electron chi connectivity index (χ4n) is 2.86. The van der Waals surface area contributed by atoms with E-state index < -0.39 is 32.6 Å². The second-order valence-corrected chi connectivity index (χ2v) is 8.68. The van der Waals surface area contributed by atoms with Gasteiger partial charge in [0.1, 0.15) is 16.5 Å². The Morgan fingerprint density at radius 1 is 1.13 bits per heavy atom. The van der Waals surface area contributed by atoms with Gasteiger partial charge in [-0.15, -0.1) is 0 Å². The molecule has 1 fully saturated rings. The van der Waals surface area contributed by atoms with E-state index in [4.69, 9.17) is 9.47 Å². The number of aryl methyl sites for hydroxylation is 1. The van der Waals surface area contributed by atoms with Crippen LogP contribution in [-0.4, -0.2) is 57.4 Å². The summed E-state index contributed by atoms with van der Waals surface area (Å²) in [6.07, 6.45) is 0. The molecular formula is C20H22FN3O6S. The predicted octanol–water partition coefficient (Wildman–Crippen LogP) is 0.995. The third kappa shape index (κ3) is 5.78. The highest BCUT2D eigenvalue weighted by Gasteiger charge is 2.29. The average molecular weight is 451 g/mol. The van der Waals surface area contributed by atoms with Crippen LogP contribution in [0.3, 0.4) is 0 Å². The summed E-state index contributed by atoms with van der Waals surface area (Å²) in [5, 5.41) is 0. The van der Waals surface area contributed by atoms with E-state index in [2.05, 4.69) is 10.9 Å². The van der Waals surface area contributed by atoms with Gasteiger partial charge in [-0.05, 0) is 42.8 Å². The molecule has 0 atom stereocenters. The highest BCUT2D eigenvalue weighted by molar-refractivity contribution is 7.89. The number of nitrogens with one attached hydrogen (secondary N) is 2. The number of morpholine rings is 1. The van der Waals surface area contributed by atoms with E-state index in [0.717, 1.165) is 28.1 Å². The van der Waals surface area contributed by atoms with Crippen molar-refractivity contribution in [3.8, 4) is 5.75 Å². The number of nitrogens with zero attached hydrogens (tertiary/aromatic N) is 1. The molecule has 2 aromatic carbocycles. The van der Waals surface area contributed by atoms with Crippen LogP contribution in [0.25, 0.3) is 0 Å². The minimum atomic E-state index is -4.13. The van der Waals surface area contributed by atoms with Gasteiger partial charge >= 0.3 is 0 Å². The summed E-state index contributed by atoms with van der Waals surface area (Å²) < 4.78 is 51.2. The van der Waals surface area contributed by atoms with Gasteiger partial charge in [-0.25, -0.2) is 12.8 Å². The van der Waals surface area contributed by atoms with Gasteiger partial charge in [-0.3, -0.25) is 20.4 Å². The highest BCUT2D eigenvalue weighted by atomic mass is 32.2. The number of hydrazine groups is 1. The van der Waals surface area contributed by atoms with E-state index in [0.29, 0.717) is 5.75 Å². The topological polar surface area (TPSA) is 114 Å². The maximum atomic E-state index is 14.2. The lowest BCUT2D eigenvalue weighted by Gasteiger charge is -2.26. The summed E-state index contributed by atoms with van der Waals surface area (Å²) >= 11 is 0. The molecule has 0 bridgehead atoms. The Bertz CT molecular complexity index is 1070. The summed E-state index contributed by atoms with van der Waals surface area (Å²) in [6.45, 7) is 2.13. The summed E-state index contributed by atoms with van der Waals surface area (Å²) in [5.41, 5.74) is 5.15. The highest BCUT2D eigenvalue weighted by Crippen LogP contribution is 2.21.